The number of aliphatic hydroxyl groups is 2. The van der Waals surface area contributed by atoms with Crippen LogP contribution in [0.15, 0.2) is 48.7 Å². The Hall–Kier alpha value is -2.18. The molecule has 0 radical (unpaired) electrons. The third kappa shape index (κ3) is 5.56. The van der Waals surface area contributed by atoms with Crippen LogP contribution in [0.1, 0.15) is 70.4 Å². The number of benzene rings is 2. The summed E-state index contributed by atoms with van der Waals surface area (Å²) in [4.78, 5) is 27.5. The lowest BCUT2D eigenvalue weighted by Gasteiger charge is -2.46. The summed E-state index contributed by atoms with van der Waals surface area (Å²) >= 11 is 12.4. The number of para-hydroxylation sites is 1. The number of rotatable bonds is 5. The van der Waals surface area contributed by atoms with Gasteiger partial charge in [0.1, 0.15) is 11.6 Å². The summed E-state index contributed by atoms with van der Waals surface area (Å²) in [7, 11) is 0. The summed E-state index contributed by atoms with van der Waals surface area (Å²) in [6.45, 7) is 8.47. The van der Waals surface area contributed by atoms with Crippen LogP contribution in [0.3, 0.4) is 0 Å². The fourth-order valence-electron chi connectivity index (χ4n) is 7.13. The van der Waals surface area contributed by atoms with Gasteiger partial charge in [-0.05, 0) is 53.0 Å². The van der Waals surface area contributed by atoms with E-state index in [2.05, 4.69) is 4.57 Å². The molecule has 0 amide bonds. The summed E-state index contributed by atoms with van der Waals surface area (Å²) in [5.41, 5.74) is 2.08. The van der Waals surface area contributed by atoms with E-state index in [1.807, 2.05) is 70.3 Å². The summed E-state index contributed by atoms with van der Waals surface area (Å²) in [5.74, 6) is -2.27. The van der Waals surface area contributed by atoms with Crippen LogP contribution in [0.25, 0.3) is 10.9 Å². The zero-order valence-electron chi connectivity index (χ0n) is 23.0. The van der Waals surface area contributed by atoms with Gasteiger partial charge in [0.25, 0.3) is 0 Å². The van der Waals surface area contributed by atoms with Gasteiger partial charge in [-0.3, -0.25) is 9.59 Å². The fraction of sp³-hybridized carbons (Fsp3) is 0.500. The van der Waals surface area contributed by atoms with Gasteiger partial charge in [0, 0.05) is 42.4 Å². The molecule has 3 aromatic rings. The molecule has 0 spiro atoms. The van der Waals surface area contributed by atoms with Crippen molar-refractivity contribution in [1.82, 2.24) is 4.57 Å². The summed E-state index contributed by atoms with van der Waals surface area (Å²) in [5, 5.41) is 24.7. The molecular formula is C32H37Cl2NO4. The van der Waals surface area contributed by atoms with E-state index < -0.39 is 30.0 Å². The van der Waals surface area contributed by atoms with E-state index in [1.54, 1.807) is 6.07 Å². The quantitative estimate of drug-likeness (QED) is 0.353. The third-order valence-corrected chi connectivity index (χ3v) is 9.43. The molecule has 2 aromatic carbocycles. The molecule has 39 heavy (non-hydrogen) atoms. The standard InChI is InChI=1S/C32H37Cl2NO4/c1-31(2)12-24(36)29(25(37)13-31)28(30-26(38)14-32(3,4)15-27(30)39)20-17-35(23-8-6-5-7-19(20)23)16-18-9-10-21(33)22(34)11-18/h5-11,17,24,26,28-30,36,38H,12-16H2,1-4H3/t24-,26-,28?,29-,30+/m0/s1. The minimum absolute atomic E-state index is 0.0464. The summed E-state index contributed by atoms with van der Waals surface area (Å²) < 4.78 is 2.09. The molecule has 5 rings (SSSR count). The minimum atomic E-state index is -0.904. The number of hydrogen-bond acceptors (Lipinski definition) is 4. The number of nitrogens with zero attached hydrogens (tertiary/aromatic N) is 1. The van der Waals surface area contributed by atoms with Crippen molar-refractivity contribution in [1.29, 1.82) is 0 Å². The monoisotopic (exact) mass is 569 g/mol. The van der Waals surface area contributed by atoms with E-state index in [1.165, 1.54) is 0 Å². The van der Waals surface area contributed by atoms with Crippen molar-refractivity contribution in [3.05, 3.63) is 69.8 Å². The van der Waals surface area contributed by atoms with E-state index in [0.29, 0.717) is 42.3 Å². The Morgan fingerprint density at radius 1 is 0.872 bits per heavy atom. The van der Waals surface area contributed by atoms with Crippen molar-refractivity contribution in [2.45, 2.75) is 78.0 Å². The Labute approximate surface area is 240 Å². The van der Waals surface area contributed by atoms with Crippen LogP contribution < -0.4 is 0 Å². The molecule has 0 aliphatic heterocycles. The van der Waals surface area contributed by atoms with Crippen LogP contribution in [-0.4, -0.2) is 38.6 Å². The number of halogens is 2. The predicted molar refractivity (Wildman–Crippen MR) is 155 cm³/mol. The first-order chi connectivity index (χ1) is 18.3. The largest absolute Gasteiger partial charge is 0.392 e. The van der Waals surface area contributed by atoms with Gasteiger partial charge in [0.2, 0.25) is 0 Å². The lowest BCUT2D eigenvalue weighted by atomic mass is 9.58. The molecule has 2 fully saturated rings. The Bertz CT molecular complexity index is 1380. The molecular weight excluding hydrogens is 533 g/mol. The van der Waals surface area contributed by atoms with E-state index in [9.17, 15) is 19.8 Å². The highest BCUT2D eigenvalue weighted by atomic mass is 35.5. The topological polar surface area (TPSA) is 79.5 Å². The zero-order valence-corrected chi connectivity index (χ0v) is 24.5. The van der Waals surface area contributed by atoms with Crippen molar-refractivity contribution >= 4 is 45.7 Å². The van der Waals surface area contributed by atoms with E-state index in [-0.39, 0.29) is 22.4 Å². The SMILES string of the molecule is CC1(C)CC(=O)[C@H](C(c2cn(Cc3ccc(Cl)c(Cl)c3)c3ccccc23)[C@@H]2C(=O)CC(C)(C)C[C@@H]2O)[C@@H](O)C1. The van der Waals surface area contributed by atoms with E-state index in [4.69, 9.17) is 23.2 Å². The number of carbonyl (C=O) groups is 2. The molecule has 5 nitrogen and oxygen atoms in total. The van der Waals surface area contributed by atoms with E-state index >= 15 is 0 Å². The molecule has 2 aliphatic carbocycles. The molecule has 5 atom stereocenters. The number of aliphatic hydroxyl groups excluding tert-OH is 2. The Morgan fingerprint density at radius 2 is 1.44 bits per heavy atom. The van der Waals surface area contributed by atoms with Crippen molar-refractivity contribution in [3.63, 3.8) is 0 Å². The smallest absolute Gasteiger partial charge is 0.139 e. The van der Waals surface area contributed by atoms with Crippen LogP contribution in [-0.2, 0) is 16.1 Å². The highest BCUT2D eigenvalue weighted by Crippen LogP contribution is 2.51. The van der Waals surface area contributed by atoms with Gasteiger partial charge in [-0.2, -0.15) is 0 Å². The van der Waals surface area contributed by atoms with Gasteiger partial charge < -0.3 is 14.8 Å². The fourth-order valence-corrected chi connectivity index (χ4v) is 7.46. The maximum absolute atomic E-state index is 13.7. The number of carbonyl (C=O) groups excluding carboxylic acids is 2. The average Bonchev–Trinajstić information content (AvgIpc) is 3.16. The van der Waals surface area contributed by atoms with Crippen LogP contribution in [0.4, 0.5) is 0 Å². The number of hydrogen-bond donors (Lipinski definition) is 2. The molecule has 2 N–H and O–H groups in total. The van der Waals surface area contributed by atoms with Crippen LogP contribution in [0, 0.1) is 22.7 Å². The number of Topliss-reactive ketones (excluding diaryl/α,β-unsaturated/α-hetero) is 2. The lowest BCUT2D eigenvalue weighted by Crippen LogP contribution is -2.51. The van der Waals surface area contributed by atoms with E-state index in [0.717, 1.165) is 22.0 Å². The van der Waals surface area contributed by atoms with Gasteiger partial charge >= 0.3 is 0 Å². The maximum Gasteiger partial charge on any atom is 0.139 e. The molecule has 208 valence electrons. The number of ketones is 2. The number of aromatic nitrogens is 1. The highest BCUT2D eigenvalue weighted by molar-refractivity contribution is 6.42. The minimum Gasteiger partial charge on any atom is -0.392 e. The highest BCUT2D eigenvalue weighted by Gasteiger charge is 2.52. The Balaban J connectivity index is 1.66. The second-order valence-corrected chi connectivity index (χ2v) is 14.0. The van der Waals surface area contributed by atoms with Gasteiger partial charge in [-0.15, -0.1) is 0 Å². The van der Waals surface area contributed by atoms with Gasteiger partial charge in [0.15, 0.2) is 0 Å². The van der Waals surface area contributed by atoms with Gasteiger partial charge in [-0.25, -0.2) is 0 Å². The normalized spacial score (nSPS) is 27.6. The molecule has 7 heteroatoms. The van der Waals surface area contributed by atoms with Crippen molar-refractivity contribution in [2.75, 3.05) is 0 Å². The maximum atomic E-state index is 13.7. The van der Waals surface area contributed by atoms with Crippen molar-refractivity contribution < 1.29 is 19.8 Å². The second kappa shape index (κ2) is 10.3. The van der Waals surface area contributed by atoms with Gasteiger partial charge in [-0.1, -0.05) is 75.2 Å². The molecule has 1 aromatic heterocycles. The Kier molecular flexibility index (Phi) is 7.51. The van der Waals surface area contributed by atoms with Crippen molar-refractivity contribution in [3.8, 4) is 0 Å². The third-order valence-electron chi connectivity index (χ3n) is 8.69. The van der Waals surface area contributed by atoms with Gasteiger partial charge in [0.05, 0.1) is 34.1 Å². The average molecular weight is 571 g/mol. The summed E-state index contributed by atoms with van der Waals surface area (Å²) in [6.07, 6.45) is 1.77. The molecule has 1 heterocycles. The molecule has 2 aliphatic rings. The zero-order chi connectivity index (χ0) is 28.3. The molecule has 2 saturated carbocycles. The summed E-state index contributed by atoms with van der Waals surface area (Å²) in [6, 6.07) is 13.4. The van der Waals surface area contributed by atoms with Crippen LogP contribution in [0.5, 0.6) is 0 Å². The lowest BCUT2D eigenvalue weighted by molar-refractivity contribution is -0.144. The first-order valence-corrected chi connectivity index (χ1v) is 14.5. The van der Waals surface area contributed by atoms with Crippen molar-refractivity contribution in [2.24, 2.45) is 22.7 Å². The predicted octanol–water partition coefficient (Wildman–Crippen LogP) is 6.81. The molecule has 1 unspecified atom stereocenters. The van der Waals surface area contributed by atoms with Crippen LogP contribution >= 0.6 is 23.2 Å². The second-order valence-electron chi connectivity index (χ2n) is 13.2. The number of fused-ring (bicyclic) bond motifs is 1. The first kappa shape index (κ1) is 28.4. The molecule has 0 saturated heterocycles. The Morgan fingerprint density at radius 3 is 1.97 bits per heavy atom. The molecule has 0 bridgehead atoms. The van der Waals surface area contributed by atoms with Crippen LogP contribution in [0.2, 0.25) is 10.0 Å². The first-order valence-electron chi connectivity index (χ1n) is 13.7.